The third kappa shape index (κ3) is 3.26. The summed E-state index contributed by atoms with van der Waals surface area (Å²) in [4.78, 5) is 13.8. The molecule has 0 aromatic carbocycles. The van der Waals surface area contributed by atoms with Crippen molar-refractivity contribution in [2.24, 2.45) is 11.8 Å². The Hall–Kier alpha value is -2.22. The Morgan fingerprint density at radius 3 is 2.85 bits per heavy atom. The van der Waals surface area contributed by atoms with Crippen LogP contribution in [0, 0.1) is 23.2 Å². The van der Waals surface area contributed by atoms with Gasteiger partial charge in [-0.2, -0.15) is 22.7 Å². The number of aromatic nitrogens is 3. The van der Waals surface area contributed by atoms with Gasteiger partial charge in [0.05, 0.1) is 17.4 Å². The smallest absolute Gasteiger partial charge is 0.279 e. The number of H-pyrrole nitrogens is 1. The van der Waals surface area contributed by atoms with Crippen molar-refractivity contribution in [1.29, 1.82) is 5.26 Å². The molecule has 1 aliphatic heterocycles. The van der Waals surface area contributed by atoms with Crippen molar-refractivity contribution in [3.63, 3.8) is 0 Å². The fraction of sp³-hybridized carbons (Fsp3) is 0.588. The highest BCUT2D eigenvalue weighted by molar-refractivity contribution is 7.87. The second-order valence-electron chi connectivity index (χ2n) is 7.52. The monoisotopic (exact) mass is 389 g/mol. The molecule has 0 bridgehead atoms. The van der Waals surface area contributed by atoms with Crippen LogP contribution in [0.15, 0.2) is 18.6 Å². The summed E-state index contributed by atoms with van der Waals surface area (Å²) in [5, 5.41) is 10.1. The van der Waals surface area contributed by atoms with E-state index >= 15 is 0 Å². The third-order valence-corrected chi connectivity index (χ3v) is 7.34. The fourth-order valence-corrected chi connectivity index (χ4v) is 5.44. The highest BCUT2D eigenvalue weighted by Crippen LogP contribution is 2.32. The van der Waals surface area contributed by atoms with Crippen LogP contribution in [0.5, 0.6) is 0 Å². The first-order valence-electron chi connectivity index (χ1n) is 9.07. The third-order valence-electron chi connectivity index (χ3n) is 5.73. The van der Waals surface area contributed by atoms with Gasteiger partial charge in [-0.25, -0.2) is 9.97 Å². The van der Waals surface area contributed by atoms with E-state index in [1.165, 1.54) is 10.6 Å². The standard InChI is InChI=1S/C17H23N7O2S/c1-11-8-24(9-12(11)7-18)27(25,26)22-13-5-14(6-13)23(2)17-15-3-4-19-16(15)20-10-21-17/h3-4,10-14,22H,5-6,8-9H2,1-2H3,(H,19,20,21)/t11-,12?,13-,14+/m1/s1. The van der Waals surface area contributed by atoms with Gasteiger partial charge in [-0.15, -0.1) is 0 Å². The number of aromatic amines is 1. The van der Waals surface area contributed by atoms with Crippen LogP contribution in [-0.4, -0.2) is 59.9 Å². The molecule has 2 N–H and O–H groups in total. The van der Waals surface area contributed by atoms with E-state index in [4.69, 9.17) is 5.26 Å². The highest BCUT2D eigenvalue weighted by atomic mass is 32.2. The maximum Gasteiger partial charge on any atom is 0.279 e. The summed E-state index contributed by atoms with van der Waals surface area (Å²) in [6.45, 7) is 2.59. The number of rotatable bonds is 5. The zero-order chi connectivity index (χ0) is 19.2. The van der Waals surface area contributed by atoms with E-state index in [9.17, 15) is 8.42 Å². The van der Waals surface area contributed by atoms with Crippen molar-refractivity contribution in [1.82, 2.24) is 24.0 Å². The second-order valence-corrected chi connectivity index (χ2v) is 9.23. The zero-order valence-corrected chi connectivity index (χ0v) is 16.1. The molecule has 1 aliphatic carbocycles. The Morgan fingerprint density at radius 2 is 2.15 bits per heavy atom. The van der Waals surface area contributed by atoms with Crippen LogP contribution in [0.4, 0.5) is 5.82 Å². The predicted octanol–water partition coefficient (Wildman–Crippen LogP) is 0.851. The van der Waals surface area contributed by atoms with Gasteiger partial charge < -0.3 is 9.88 Å². The minimum Gasteiger partial charge on any atom is -0.356 e. The van der Waals surface area contributed by atoms with Gasteiger partial charge in [-0.05, 0) is 24.8 Å². The molecule has 0 spiro atoms. The number of fused-ring (bicyclic) bond motifs is 1. The summed E-state index contributed by atoms with van der Waals surface area (Å²) in [7, 11) is -1.58. The van der Waals surface area contributed by atoms with Gasteiger partial charge in [0.2, 0.25) is 0 Å². The zero-order valence-electron chi connectivity index (χ0n) is 15.3. The van der Waals surface area contributed by atoms with Crippen LogP contribution in [-0.2, 0) is 10.2 Å². The summed E-state index contributed by atoms with van der Waals surface area (Å²) >= 11 is 0. The predicted molar refractivity (Wildman–Crippen MR) is 101 cm³/mol. The Labute approximate surface area is 158 Å². The minimum absolute atomic E-state index is 0.0633. The summed E-state index contributed by atoms with van der Waals surface area (Å²) in [5.41, 5.74) is 0.790. The van der Waals surface area contributed by atoms with Crippen LogP contribution in [0.1, 0.15) is 19.8 Å². The Bertz CT molecular complexity index is 977. The molecule has 4 rings (SSSR count). The first-order chi connectivity index (χ1) is 12.9. The number of anilines is 1. The normalized spacial score (nSPS) is 28.8. The summed E-state index contributed by atoms with van der Waals surface area (Å²) < 4.78 is 29.4. The average Bonchev–Trinajstić information content (AvgIpc) is 3.23. The molecule has 10 heteroatoms. The molecule has 2 fully saturated rings. The van der Waals surface area contributed by atoms with E-state index in [1.807, 2.05) is 26.2 Å². The Morgan fingerprint density at radius 1 is 1.37 bits per heavy atom. The number of nitrogens with zero attached hydrogens (tertiary/aromatic N) is 5. The lowest BCUT2D eigenvalue weighted by Crippen LogP contribution is -2.55. The maximum atomic E-state index is 12.6. The number of hydrogen-bond acceptors (Lipinski definition) is 6. The number of nitrogens with one attached hydrogen (secondary N) is 2. The van der Waals surface area contributed by atoms with Gasteiger partial charge in [0.25, 0.3) is 10.2 Å². The van der Waals surface area contributed by atoms with Crippen LogP contribution in [0.25, 0.3) is 11.0 Å². The molecule has 0 amide bonds. The van der Waals surface area contributed by atoms with Gasteiger partial charge in [-0.3, -0.25) is 0 Å². The van der Waals surface area contributed by atoms with Gasteiger partial charge in [0.1, 0.15) is 17.8 Å². The van der Waals surface area contributed by atoms with Crippen LogP contribution < -0.4 is 9.62 Å². The molecule has 27 heavy (non-hydrogen) atoms. The van der Waals surface area contributed by atoms with E-state index in [0.29, 0.717) is 6.54 Å². The number of nitriles is 1. The van der Waals surface area contributed by atoms with Crippen molar-refractivity contribution < 1.29 is 8.42 Å². The van der Waals surface area contributed by atoms with Crippen molar-refractivity contribution >= 4 is 27.1 Å². The Balaban J connectivity index is 1.37. The second kappa shape index (κ2) is 6.74. The van der Waals surface area contributed by atoms with Gasteiger partial charge in [-0.1, -0.05) is 6.92 Å². The molecule has 2 aliphatic rings. The van der Waals surface area contributed by atoms with E-state index in [-0.39, 0.29) is 30.5 Å². The summed E-state index contributed by atoms with van der Waals surface area (Å²) in [6, 6.07) is 4.26. The van der Waals surface area contributed by atoms with Gasteiger partial charge >= 0.3 is 0 Å². The van der Waals surface area contributed by atoms with Crippen molar-refractivity contribution in [3.8, 4) is 6.07 Å². The largest absolute Gasteiger partial charge is 0.356 e. The van der Waals surface area contributed by atoms with Crippen LogP contribution >= 0.6 is 0 Å². The van der Waals surface area contributed by atoms with E-state index in [1.54, 1.807) is 0 Å². The highest BCUT2D eigenvalue weighted by Gasteiger charge is 2.41. The molecule has 0 radical (unpaired) electrons. The van der Waals surface area contributed by atoms with Crippen molar-refractivity contribution in [3.05, 3.63) is 18.6 Å². The molecule has 2 atom stereocenters. The Kier molecular flexibility index (Phi) is 4.53. The summed E-state index contributed by atoms with van der Waals surface area (Å²) in [6.07, 6.45) is 4.80. The molecular weight excluding hydrogens is 366 g/mol. The average molecular weight is 389 g/mol. The van der Waals surface area contributed by atoms with E-state index < -0.39 is 10.2 Å². The molecule has 1 saturated heterocycles. The van der Waals surface area contributed by atoms with Gasteiger partial charge in [0.15, 0.2) is 0 Å². The summed E-state index contributed by atoms with van der Waals surface area (Å²) in [5.74, 6) is 0.675. The molecule has 144 valence electrons. The topological polar surface area (TPSA) is 118 Å². The molecule has 9 nitrogen and oxygen atoms in total. The molecule has 2 aromatic heterocycles. The van der Waals surface area contributed by atoms with Crippen LogP contribution in [0.2, 0.25) is 0 Å². The molecule has 1 unspecified atom stereocenters. The fourth-order valence-electron chi connectivity index (χ4n) is 3.88. The SMILES string of the molecule is C[C@@H]1CN(S(=O)(=O)N[C@H]2C[C@@H](N(C)c3ncnc4[nH]ccc34)C2)CC1C#N. The maximum absolute atomic E-state index is 12.6. The van der Waals surface area contributed by atoms with Crippen molar-refractivity contribution in [2.75, 3.05) is 25.0 Å². The first kappa shape index (κ1) is 18.2. The molecule has 3 heterocycles. The lowest BCUT2D eigenvalue weighted by atomic mass is 9.86. The molecule has 1 saturated carbocycles. The lowest BCUT2D eigenvalue weighted by molar-refractivity contribution is 0.308. The minimum atomic E-state index is -3.55. The first-order valence-corrected chi connectivity index (χ1v) is 10.5. The van der Waals surface area contributed by atoms with Crippen LogP contribution in [0.3, 0.4) is 0 Å². The molecule has 2 aromatic rings. The quantitative estimate of drug-likeness (QED) is 0.783. The van der Waals surface area contributed by atoms with E-state index in [0.717, 1.165) is 29.7 Å². The molecular formula is C17H23N7O2S. The lowest BCUT2D eigenvalue weighted by Gasteiger charge is -2.42. The number of hydrogen-bond donors (Lipinski definition) is 2. The van der Waals surface area contributed by atoms with Gasteiger partial charge in [0, 0.05) is 38.4 Å². The van der Waals surface area contributed by atoms with Crippen molar-refractivity contribution in [2.45, 2.75) is 31.8 Å². The van der Waals surface area contributed by atoms with E-state index in [2.05, 4.69) is 30.6 Å².